The number of nitrogens with one attached hydrogen (secondary N) is 1. The van der Waals surface area contributed by atoms with Crippen molar-refractivity contribution in [2.45, 2.75) is 22.5 Å². The Morgan fingerprint density at radius 2 is 1.84 bits per heavy atom. The number of aromatic nitrogens is 2. The highest BCUT2D eigenvalue weighted by Gasteiger charge is 2.43. The van der Waals surface area contributed by atoms with Gasteiger partial charge in [-0.05, 0) is 40.9 Å². The molecule has 0 bridgehead atoms. The van der Waals surface area contributed by atoms with Crippen molar-refractivity contribution in [2.24, 2.45) is 0 Å². The zero-order valence-corrected chi connectivity index (χ0v) is 12.7. The van der Waals surface area contributed by atoms with E-state index in [0.29, 0.717) is 10.7 Å². The summed E-state index contributed by atoms with van der Waals surface area (Å²) in [4.78, 5) is 9.81. The van der Waals surface area contributed by atoms with Crippen LogP contribution < -0.4 is 5.32 Å². The highest BCUT2D eigenvalue weighted by molar-refractivity contribution is 9.10. The Labute approximate surface area is 125 Å². The first-order chi connectivity index (χ1) is 9.26. The summed E-state index contributed by atoms with van der Waals surface area (Å²) in [6.45, 7) is 0.911. The fraction of sp³-hybridized carbons (Fsp3) is 0.286. The van der Waals surface area contributed by atoms with Gasteiger partial charge < -0.3 is 5.32 Å². The van der Waals surface area contributed by atoms with Gasteiger partial charge in [0.15, 0.2) is 0 Å². The normalized spacial score (nSPS) is 16.1. The molecule has 0 saturated heterocycles. The first-order valence-corrected chi connectivity index (χ1v) is 7.82. The minimum Gasteiger partial charge on any atom is -0.353 e. The minimum absolute atomic E-state index is 0.317. The van der Waals surface area contributed by atoms with Crippen LogP contribution in [-0.2, 0) is 0 Å². The van der Waals surface area contributed by atoms with E-state index in [1.165, 1.54) is 17.7 Å². The molecule has 0 spiro atoms. The van der Waals surface area contributed by atoms with E-state index >= 15 is 0 Å². The van der Waals surface area contributed by atoms with Crippen molar-refractivity contribution >= 4 is 33.6 Å². The third-order valence-electron chi connectivity index (χ3n) is 3.07. The SMILES string of the molecule is Brc1cnc(NCC2(Sc3ccccc3)CC2)nc1. The number of hydrogen-bond acceptors (Lipinski definition) is 4. The summed E-state index contributed by atoms with van der Waals surface area (Å²) < 4.78 is 1.22. The maximum atomic E-state index is 4.24. The molecule has 0 amide bonds. The van der Waals surface area contributed by atoms with Crippen molar-refractivity contribution in [2.75, 3.05) is 11.9 Å². The lowest BCUT2D eigenvalue weighted by Gasteiger charge is -2.15. The Bertz CT molecular complexity index is 540. The lowest BCUT2D eigenvalue weighted by Crippen LogP contribution is -2.19. The molecule has 0 atom stereocenters. The molecule has 1 saturated carbocycles. The van der Waals surface area contributed by atoms with Crippen LogP contribution in [0.15, 0.2) is 52.1 Å². The van der Waals surface area contributed by atoms with Crippen molar-refractivity contribution in [1.82, 2.24) is 9.97 Å². The average Bonchev–Trinajstić information content (AvgIpc) is 3.19. The third kappa shape index (κ3) is 3.48. The molecule has 1 aromatic carbocycles. The highest BCUT2D eigenvalue weighted by atomic mass is 79.9. The van der Waals surface area contributed by atoms with E-state index < -0.39 is 0 Å². The molecule has 0 aliphatic heterocycles. The second kappa shape index (κ2) is 5.51. The number of rotatable bonds is 5. The number of nitrogens with zero attached hydrogens (tertiary/aromatic N) is 2. The fourth-order valence-corrected chi connectivity index (χ4v) is 3.29. The van der Waals surface area contributed by atoms with Crippen molar-refractivity contribution in [3.8, 4) is 0 Å². The molecule has 1 aromatic heterocycles. The molecule has 1 N–H and O–H groups in total. The van der Waals surface area contributed by atoms with E-state index in [-0.39, 0.29) is 0 Å². The number of hydrogen-bond donors (Lipinski definition) is 1. The van der Waals surface area contributed by atoms with Crippen LogP contribution in [0.1, 0.15) is 12.8 Å². The van der Waals surface area contributed by atoms with Crippen LogP contribution >= 0.6 is 27.7 Å². The molecule has 5 heteroatoms. The largest absolute Gasteiger partial charge is 0.353 e. The highest BCUT2D eigenvalue weighted by Crippen LogP contribution is 2.51. The molecule has 0 unspecified atom stereocenters. The van der Waals surface area contributed by atoms with Crippen LogP contribution in [0.2, 0.25) is 0 Å². The van der Waals surface area contributed by atoms with Crippen LogP contribution in [0.4, 0.5) is 5.95 Å². The second-order valence-corrected chi connectivity index (χ2v) is 7.13. The second-order valence-electron chi connectivity index (χ2n) is 4.68. The summed E-state index contributed by atoms with van der Waals surface area (Å²) in [5, 5.41) is 3.33. The summed E-state index contributed by atoms with van der Waals surface area (Å²) in [6.07, 6.45) is 6.02. The van der Waals surface area contributed by atoms with Gasteiger partial charge in [0.1, 0.15) is 0 Å². The maximum Gasteiger partial charge on any atom is 0.222 e. The Balaban J connectivity index is 1.59. The van der Waals surface area contributed by atoms with Crippen molar-refractivity contribution in [3.05, 3.63) is 47.2 Å². The van der Waals surface area contributed by atoms with Crippen LogP contribution in [0, 0.1) is 0 Å². The van der Waals surface area contributed by atoms with Gasteiger partial charge in [-0.2, -0.15) is 0 Å². The maximum absolute atomic E-state index is 4.24. The molecular weight excluding hydrogens is 322 g/mol. The Morgan fingerprint density at radius 1 is 1.16 bits per heavy atom. The molecule has 19 heavy (non-hydrogen) atoms. The van der Waals surface area contributed by atoms with Crippen molar-refractivity contribution in [3.63, 3.8) is 0 Å². The zero-order valence-electron chi connectivity index (χ0n) is 10.3. The van der Waals surface area contributed by atoms with E-state index in [2.05, 4.69) is 61.5 Å². The fourth-order valence-electron chi connectivity index (χ4n) is 1.84. The average molecular weight is 336 g/mol. The van der Waals surface area contributed by atoms with E-state index in [1.54, 1.807) is 12.4 Å². The smallest absolute Gasteiger partial charge is 0.222 e. The number of benzene rings is 1. The van der Waals surface area contributed by atoms with Gasteiger partial charge in [0.05, 0.1) is 4.47 Å². The molecule has 1 aliphatic rings. The van der Waals surface area contributed by atoms with Gasteiger partial charge in [0.25, 0.3) is 0 Å². The van der Waals surface area contributed by atoms with E-state index in [1.807, 2.05) is 11.8 Å². The first-order valence-electron chi connectivity index (χ1n) is 6.21. The molecule has 2 aromatic rings. The van der Waals surface area contributed by atoms with Crippen LogP contribution in [-0.4, -0.2) is 21.3 Å². The van der Waals surface area contributed by atoms with E-state index in [0.717, 1.165) is 11.0 Å². The van der Waals surface area contributed by atoms with Crippen LogP contribution in [0.3, 0.4) is 0 Å². The Morgan fingerprint density at radius 3 is 2.47 bits per heavy atom. The molecule has 1 heterocycles. The van der Waals surface area contributed by atoms with Gasteiger partial charge in [0, 0.05) is 28.6 Å². The molecule has 3 nitrogen and oxygen atoms in total. The summed E-state index contributed by atoms with van der Waals surface area (Å²) >= 11 is 5.29. The van der Waals surface area contributed by atoms with Crippen molar-refractivity contribution in [1.29, 1.82) is 0 Å². The minimum atomic E-state index is 0.317. The first kappa shape index (κ1) is 12.9. The van der Waals surface area contributed by atoms with Gasteiger partial charge in [-0.15, -0.1) is 11.8 Å². The predicted octanol–water partition coefficient (Wildman–Crippen LogP) is 3.98. The summed E-state index contributed by atoms with van der Waals surface area (Å²) in [7, 11) is 0. The van der Waals surface area contributed by atoms with E-state index in [9.17, 15) is 0 Å². The van der Waals surface area contributed by atoms with Gasteiger partial charge in [0.2, 0.25) is 5.95 Å². The standard InChI is InChI=1S/C14H14BrN3S/c15-11-8-16-13(17-9-11)18-10-14(6-7-14)19-12-4-2-1-3-5-12/h1-5,8-9H,6-7,10H2,(H,16,17,18). The van der Waals surface area contributed by atoms with E-state index in [4.69, 9.17) is 0 Å². The van der Waals surface area contributed by atoms with Gasteiger partial charge in [-0.1, -0.05) is 18.2 Å². The zero-order chi connectivity index (χ0) is 13.1. The number of anilines is 1. The van der Waals surface area contributed by atoms with Crippen LogP contribution in [0.25, 0.3) is 0 Å². The summed E-state index contributed by atoms with van der Waals surface area (Å²) in [6, 6.07) is 10.6. The van der Waals surface area contributed by atoms with Crippen LogP contribution in [0.5, 0.6) is 0 Å². The lowest BCUT2D eigenvalue weighted by atomic mass is 10.4. The topological polar surface area (TPSA) is 37.8 Å². The molecule has 1 aliphatic carbocycles. The lowest BCUT2D eigenvalue weighted by molar-refractivity contribution is 0.922. The quantitative estimate of drug-likeness (QED) is 0.896. The predicted molar refractivity (Wildman–Crippen MR) is 82.5 cm³/mol. The summed E-state index contributed by atoms with van der Waals surface area (Å²) in [5.74, 6) is 0.697. The molecular formula is C14H14BrN3S. The molecule has 3 rings (SSSR count). The molecule has 98 valence electrons. The van der Waals surface area contributed by atoms with Gasteiger partial charge in [-0.3, -0.25) is 0 Å². The molecule has 0 radical (unpaired) electrons. The van der Waals surface area contributed by atoms with Gasteiger partial charge >= 0.3 is 0 Å². The third-order valence-corrected chi connectivity index (χ3v) is 4.98. The molecule has 1 fully saturated rings. The number of thioether (sulfide) groups is 1. The summed E-state index contributed by atoms with van der Waals surface area (Å²) in [5.41, 5.74) is 0. The Hall–Kier alpha value is -1.07. The van der Waals surface area contributed by atoms with Gasteiger partial charge in [-0.25, -0.2) is 9.97 Å². The number of halogens is 1. The monoisotopic (exact) mass is 335 g/mol. The Kier molecular flexibility index (Phi) is 3.75. The van der Waals surface area contributed by atoms with Crippen molar-refractivity contribution < 1.29 is 0 Å².